The van der Waals surface area contributed by atoms with Crippen LogP contribution in [0.1, 0.15) is 18.1 Å². The molecule has 6 heteroatoms. The number of carbonyl (C=O) groups excluding carboxylic acids is 1. The Morgan fingerprint density at radius 3 is 2.76 bits per heavy atom. The maximum Gasteiger partial charge on any atom is 0.223 e. The van der Waals surface area contributed by atoms with Gasteiger partial charge in [-0.1, -0.05) is 13.0 Å². The van der Waals surface area contributed by atoms with Crippen molar-refractivity contribution in [2.75, 3.05) is 19.3 Å². The van der Waals surface area contributed by atoms with E-state index in [0.717, 1.165) is 30.0 Å². The molecular formula is C15H22ClFN2OS. The standard InChI is InChI=1S/C15H21FN2OS.ClH/c1-10(13-6-17-7-13)15(19)18-8-11-3-4-14(16)5-12(11)9-20-2;/h3-5,10,13,17H,6-9H2,1-2H3,(H,18,19);1H. The largest absolute Gasteiger partial charge is 0.352 e. The number of rotatable bonds is 6. The molecule has 1 aliphatic rings. The van der Waals surface area contributed by atoms with Gasteiger partial charge in [0.25, 0.3) is 0 Å². The Kier molecular flexibility index (Phi) is 7.49. The summed E-state index contributed by atoms with van der Waals surface area (Å²) < 4.78 is 13.3. The first-order valence-electron chi connectivity index (χ1n) is 6.86. The van der Waals surface area contributed by atoms with E-state index in [-0.39, 0.29) is 30.0 Å². The van der Waals surface area contributed by atoms with Crippen molar-refractivity contribution in [3.05, 3.63) is 35.1 Å². The smallest absolute Gasteiger partial charge is 0.223 e. The van der Waals surface area contributed by atoms with E-state index in [1.54, 1.807) is 23.9 Å². The molecule has 1 aliphatic heterocycles. The Labute approximate surface area is 135 Å². The van der Waals surface area contributed by atoms with Gasteiger partial charge in [0.1, 0.15) is 5.82 Å². The van der Waals surface area contributed by atoms with E-state index < -0.39 is 0 Å². The maximum absolute atomic E-state index is 13.3. The molecule has 0 bridgehead atoms. The summed E-state index contributed by atoms with van der Waals surface area (Å²) in [6.45, 7) is 4.28. The second-order valence-corrected chi connectivity index (χ2v) is 6.14. The van der Waals surface area contributed by atoms with E-state index in [2.05, 4.69) is 10.6 Å². The quantitative estimate of drug-likeness (QED) is 0.841. The number of hydrogen-bond acceptors (Lipinski definition) is 3. The Morgan fingerprint density at radius 1 is 1.48 bits per heavy atom. The number of nitrogens with one attached hydrogen (secondary N) is 2. The fraction of sp³-hybridized carbons (Fsp3) is 0.533. The van der Waals surface area contributed by atoms with Gasteiger partial charge < -0.3 is 10.6 Å². The third-order valence-corrected chi connectivity index (χ3v) is 4.45. The van der Waals surface area contributed by atoms with E-state index >= 15 is 0 Å². The zero-order chi connectivity index (χ0) is 14.5. The highest BCUT2D eigenvalue weighted by molar-refractivity contribution is 7.97. The van der Waals surface area contributed by atoms with Gasteiger partial charge in [0.05, 0.1) is 0 Å². The Bertz CT molecular complexity index is 483. The van der Waals surface area contributed by atoms with Gasteiger partial charge in [-0.25, -0.2) is 4.39 Å². The van der Waals surface area contributed by atoms with Crippen LogP contribution in [0.4, 0.5) is 4.39 Å². The molecule has 0 aromatic heterocycles. The summed E-state index contributed by atoms with van der Waals surface area (Å²) in [7, 11) is 0. The first kappa shape index (κ1) is 18.3. The number of thioether (sulfide) groups is 1. The Morgan fingerprint density at radius 2 is 2.19 bits per heavy atom. The molecule has 1 fully saturated rings. The molecule has 2 rings (SSSR count). The summed E-state index contributed by atoms with van der Waals surface area (Å²) in [5.41, 5.74) is 1.95. The Hall–Kier alpha value is -0.780. The van der Waals surface area contributed by atoms with E-state index in [1.165, 1.54) is 6.07 Å². The van der Waals surface area contributed by atoms with Crippen molar-refractivity contribution in [3.8, 4) is 0 Å². The van der Waals surface area contributed by atoms with Crippen LogP contribution in [0.3, 0.4) is 0 Å². The molecule has 1 aromatic rings. The zero-order valence-electron chi connectivity index (χ0n) is 12.3. The van der Waals surface area contributed by atoms with Crippen molar-refractivity contribution in [1.82, 2.24) is 10.6 Å². The summed E-state index contributed by atoms with van der Waals surface area (Å²) in [5.74, 6) is 1.08. The fourth-order valence-electron chi connectivity index (χ4n) is 2.28. The molecule has 3 nitrogen and oxygen atoms in total. The highest BCUT2D eigenvalue weighted by Gasteiger charge is 2.28. The first-order chi connectivity index (χ1) is 9.61. The van der Waals surface area contributed by atoms with Crippen molar-refractivity contribution in [1.29, 1.82) is 0 Å². The molecule has 1 saturated heterocycles. The van der Waals surface area contributed by atoms with E-state index in [0.29, 0.717) is 12.5 Å². The maximum atomic E-state index is 13.3. The summed E-state index contributed by atoms with van der Waals surface area (Å²) in [6, 6.07) is 4.76. The van der Waals surface area contributed by atoms with Crippen LogP contribution in [0.5, 0.6) is 0 Å². The SMILES string of the molecule is CSCc1cc(F)ccc1CNC(=O)C(C)C1CNC1.Cl. The third-order valence-electron chi connectivity index (χ3n) is 3.85. The van der Waals surface area contributed by atoms with Gasteiger partial charge in [0.15, 0.2) is 0 Å². The molecule has 0 spiro atoms. The van der Waals surface area contributed by atoms with Crippen molar-refractivity contribution >= 4 is 30.1 Å². The monoisotopic (exact) mass is 332 g/mol. The van der Waals surface area contributed by atoms with Gasteiger partial charge in [0.2, 0.25) is 5.91 Å². The molecule has 1 aromatic carbocycles. The van der Waals surface area contributed by atoms with E-state index in [4.69, 9.17) is 0 Å². The average molecular weight is 333 g/mol. The number of carbonyl (C=O) groups is 1. The van der Waals surface area contributed by atoms with Gasteiger partial charge in [-0.3, -0.25) is 4.79 Å². The molecule has 0 aliphatic carbocycles. The van der Waals surface area contributed by atoms with Crippen LogP contribution in [-0.4, -0.2) is 25.3 Å². The minimum absolute atomic E-state index is 0. The Balaban J connectivity index is 0.00000220. The van der Waals surface area contributed by atoms with Crippen LogP contribution in [0.2, 0.25) is 0 Å². The zero-order valence-corrected chi connectivity index (χ0v) is 14.0. The van der Waals surface area contributed by atoms with E-state index in [9.17, 15) is 9.18 Å². The molecule has 1 unspecified atom stereocenters. The van der Waals surface area contributed by atoms with Gasteiger partial charge in [-0.2, -0.15) is 11.8 Å². The molecule has 21 heavy (non-hydrogen) atoms. The predicted molar refractivity (Wildman–Crippen MR) is 88.2 cm³/mol. The summed E-state index contributed by atoms with van der Waals surface area (Å²) in [4.78, 5) is 12.1. The van der Waals surface area contributed by atoms with Gasteiger partial charge in [-0.05, 0) is 48.5 Å². The molecular weight excluding hydrogens is 311 g/mol. The normalized spacial score (nSPS) is 15.8. The van der Waals surface area contributed by atoms with Crippen molar-refractivity contribution in [3.63, 3.8) is 0 Å². The number of amides is 1. The van der Waals surface area contributed by atoms with E-state index in [1.807, 2.05) is 13.2 Å². The first-order valence-corrected chi connectivity index (χ1v) is 8.26. The van der Waals surface area contributed by atoms with Crippen LogP contribution < -0.4 is 10.6 Å². The molecule has 1 heterocycles. The molecule has 1 atom stereocenters. The van der Waals surface area contributed by atoms with Gasteiger partial charge >= 0.3 is 0 Å². The average Bonchev–Trinajstić information content (AvgIpc) is 2.35. The summed E-state index contributed by atoms with van der Waals surface area (Å²) in [6.07, 6.45) is 1.99. The number of benzene rings is 1. The van der Waals surface area contributed by atoms with Crippen LogP contribution in [-0.2, 0) is 17.1 Å². The molecule has 1 amide bonds. The second-order valence-electron chi connectivity index (χ2n) is 5.27. The summed E-state index contributed by atoms with van der Waals surface area (Å²) in [5, 5.41) is 6.15. The lowest BCUT2D eigenvalue weighted by Crippen LogP contribution is -2.49. The summed E-state index contributed by atoms with van der Waals surface area (Å²) >= 11 is 1.65. The lowest BCUT2D eigenvalue weighted by atomic mass is 9.88. The lowest BCUT2D eigenvalue weighted by Gasteiger charge is -2.31. The minimum atomic E-state index is -0.224. The topological polar surface area (TPSA) is 41.1 Å². The van der Waals surface area contributed by atoms with Gasteiger partial charge in [0, 0.05) is 18.2 Å². The number of hydrogen-bond donors (Lipinski definition) is 2. The van der Waals surface area contributed by atoms with Crippen molar-refractivity contribution in [2.24, 2.45) is 11.8 Å². The van der Waals surface area contributed by atoms with Crippen LogP contribution in [0, 0.1) is 17.7 Å². The second kappa shape index (κ2) is 8.61. The highest BCUT2D eigenvalue weighted by atomic mass is 35.5. The molecule has 0 saturated carbocycles. The molecule has 0 radical (unpaired) electrons. The van der Waals surface area contributed by atoms with Crippen LogP contribution >= 0.6 is 24.2 Å². The minimum Gasteiger partial charge on any atom is -0.352 e. The van der Waals surface area contributed by atoms with Crippen LogP contribution in [0.15, 0.2) is 18.2 Å². The highest BCUT2D eigenvalue weighted by Crippen LogP contribution is 2.18. The molecule has 118 valence electrons. The third kappa shape index (κ3) is 4.87. The van der Waals surface area contributed by atoms with Crippen LogP contribution in [0.25, 0.3) is 0 Å². The fourth-order valence-corrected chi connectivity index (χ4v) is 2.86. The van der Waals surface area contributed by atoms with Crippen molar-refractivity contribution in [2.45, 2.75) is 19.2 Å². The van der Waals surface area contributed by atoms with Crippen molar-refractivity contribution < 1.29 is 9.18 Å². The predicted octanol–water partition coefficient (Wildman–Crippen LogP) is 2.58. The number of halogens is 2. The molecule has 2 N–H and O–H groups in total. The lowest BCUT2D eigenvalue weighted by molar-refractivity contribution is -0.126. The van der Waals surface area contributed by atoms with Gasteiger partial charge in [-0.15, -0.1) is 12.4 Å².